The number of likely N-dealkylation sites (tertiary alicyclic amines) is 1. The number of piperidine rings is 1. The summed E-state index contributed by atoms with van der Waals surface area (Å²) in [4.78, 5) is 13.2. The smallest absolute Gasteiger partial charge is 0.320 e. The van der Waals surface area contributed by atoms with Crippen molar-refractivity contribution in [2.75, 3.05) is 13.1 Å². The van der Waals surface area contributed by atoms with Crippen LogP contribution < -0.4 is 5.73 Å². The molecule has 3 atom stereocenters. The Labute approximate surface area is 103 Å². The lowest BCUT2D eigenvalue weighted by Crippen LogP contribution is -2.48. The molecule has 1 aliphatic carbocycles. The van der Waals surface area contributed by atoms with Gasteiger partial charge in [0.05, 0.1) is 0 Å². The Bertz CT molecular complexity index is 268. The fourth-order valence-corrected chi connectivity index (χ4v) is 3.43. The molecule has 0 aromatic rings. The van der Waals surface area contributed by atoms with Crippen molar-refractivity contribution in [2.24, 2.45) is 11.7 Å². The number of hydrogen-bond acceptors (Lipinski definition) is 3. The molecule has 1 saturated heterocycles. The van der Waals surface area contributed by atoms with E-state index < -0.39 is 12.0 Å². The van der Waals surface area contributed by atoms with Gasteiger partial charge in [-0.1, -0.05) is 12.8 Å². The maximum atomic E-state index is 10.7. The second-order valence-electron chi connectivity index (χ2n) is 5.52. The summed E-state index contributed by atoms with van der Waals surface area (Å²) < 4.78 is 0. The van der Waals surface area contributed by atoms with Gasteiger partial charge in [-0.3, -0.25) is 4.79 Å². The molecule has 17 heavy (non-hydrogen) atoms. The zero-order valence-electron chi connectivity index (χ0n) is 10.5. The van der Waals surface area contributed by atoms with E-state index in [2.05, 4.69) is 4.90 Å². The van der Waals surface area contributed by atoms with Gasteiger partial charge in [0.1, 0.15) is 6.04 Å². The minimum atomic E-state index is -0.873. The van der Waals surface area contributed by atoms with E-state index in [1.807, 2.05) is 0 Å². The highest BCUT2D eigenvalue weighted by atomic mass is 16.4. The maximum Gasteiger partial charge on any atom is 0.320 e. The van der Waals surface area contributed by atoms with Gasteiger partial charge in [0, 0.05) is 12.6 Å². The van der Waals surface area contributed by atoms with E-state index in [1.54, 1.807) is 0 Å². The van der Waals surface area contributed by atoms with Crippen molar-refractivity contribution in [1.29, 1.82) is 0 Å². The molecule has 1 unspecified atom stereocenters. The molecule has 98 valence electrons. The van der Waals surface area contributed by atoms with E-state index in [0.717, 1.165) is 19.0 Å². The topological polar surface area (TPSA) is 66.6 Å². The lowest BCUT2D eigenvalue weighted by Gasteiger charge is -2.44. The van der Waals surface area contributed by atoms with Crippen LogP contribution in [0.15, 0.2) is 0 Å². The van der Waals surface area contributed by atoms with Crippen LogP contribution in [0.25, 0.3) is 0 Å². The molecule has 2 fully saturated rings. The SMILES string of the molecule is NC(CCN1CCC[C@H]2CCCC[C@H]21)C(=O)O. The summed E-state index contributed by atoms with van der Waals surface area (Å²) in [5, 5.41) is 8.80. The monoisotopic (exact) mass is 240 g/mol. The Balaban J connectivity index is 1.84. The van der Waals surface area contributed by atoms with E-state index in [9.17, 15) is 4.79 Å². The molecule has 2 aliphatic rings. The molecule has 0 amide bonds. The van der Waals surface area contributed by atoms with Crippen LogP contribution in [0.4, 0.5) is 0 Å². The highest BCUT2D eigenvalue weighted by Gasteiger charge is 2.33. The minimum Gasteiger partial charge on any atom is -0.480 e. The molecule has 1 aliphatic heterocycles. The van der Waals surface area contributed by atoms with Crippen molar-refractivity contribution in [3.63, 3.8) is 0 Å². The maximum absolute atomic E-state index is 10.7. The first kappa shape index (κ1) is 12.8. The molecule has 1 heterocycles. The van der Waals surface area contributed by atoms with Gasteiger partial charge in [-0.25, -0.2) is 0 Å². The Morgan fingerprint density at radius 3 is 2.76 bits per heavy atom. The van der Waals surface area contributed by atoms with Gasteiger partial charge < -0.3 is 15.7 Å². The normalized spacial score (nSPS) is 31.8. The van der Waals surface area contributed by atoms with Gasteiger partial charge in [-0.2, -0.15) is 0 Å². The van der Waals surface area contributed by atoms with Crippen LogP contribution in [0.1, 0.15) is 44.9 Å². The molecule has 3 N–H and O–H groups in total. The fourth-order valence-electron chi connectivity index (χ4n) is 3.43. The van der Waals surface area contributed by atoms with Crippen LogP contribution in [0.3, 0.4) is 0 Å². The van der Waals surface area contributed by atoms with E-state index in [4.69, 9.17) is 10.8 Å². The number of nitrogens with zero attached hydrogens (tertiary/aromatic N) is 1. The van der Waals surface area contributed by atoms with Crippen molar-refractivity contribution in [1.82, 2.24) is 4.90 Å². The van der Waals surface area contributed by atoms with Crippen LogP contribution in [0.5, 0.6) is 0 Å². The number of fused-ring (bicyclic) bond motifs is 1. The summed E-state index contributed by atoms with van der Waals surface area (Å²) in [5.74, 6) is -0.0132. The highest BCUT2D eigenvalue weighted by Crippen LogP contribution is 2.35. The van der Waals surface area contributed by atoms with Gasteiger partial charge in [-0.15, -0.1) is 0 Å². The van der Waals surface area contributed by atoms with Crippen LogP contribution in [0, 0.1) is 5.92 Å². The third kappa shape index (κ3) is 3.19. The first-order valence-electron chi connectivity index (χ1n) is 6.91. The molecular weight excluding hydrogens is 216 g/mol. The number of carboxylic acids is 1. The van der Waals surface area contributed by atoms with Crippen LogP contribution in [-0.4, -0.2) is 41.1 Å². The summed E-state index contributed by atoms with van der Waals surface area (Å²) in [6.45, 7) is 1.99. The van der Waals surface area contributed by atoms with Crippen LogP contribution in [-0.2, 0) is 4.79 Å². The Morgan fingerprint density at radius 2 is 2.00 bits per heavy atom. The molecule has 0 aromatic heterocycles. The number of rotatable bonds is 4. The molecule has 4 heteroatoms. The number of carboxylic acid groups (broad SMARTS) is 1. The van der Waals surface area contributed by atoms with Crippen LogP contribution >= 0.6 is 0 Å². The first-order chi connectivity index (χ1) is 8.18. The molecule has 0 spiro atoms. The summed E-state index contributed by atoms with van der Waals surface area (Å²) >= 11 is 0. The average Bonchev–Trinajstić information content (AvgIpc) is 2.35. The lowest BCUT2D eigenvalue weighted by molar-refractivity contribution is -0.138. The summed E-state index contributed by atoms with van der Waals surface area (Å²) in [5.41, 5.74) is 5.58. The standard InChI is InChI=1S/C13H24N2O2/c14-11(13(16)17)7-9-15-8-3-5-10-4-1-2-6-12(10)15/h10-12H,1-9,14H2,(H,16,17)/t10-,11?,12-/m1/s1. The van der Waals surface area contributed by atoms with E-state index in [-0.39, 0.29) is 0 Å². The molecule has 0 aromatic carbocycles. The predicted octanol–water partition coefficient (Wildman–Crippen LogP) is 1.44. The second-order valence-corrected chi connectivity index (χ2v) is 5.52. The average molecular weight is 240 g/mol. The first-order valence-corrected chi connectivity index (χ1v) is 6.91. The number of hydrogen-bond donors (Lipinski definition) is 2. The number of nitrogens with two attached hydrogens (primary N) is 1. The zero-order chi connectivity index (χ0) is 12.3. The lowest BCUT2D eigenvalue weighted by atomic mass is 9.78. The van der Waals surface area contributed by atoms with Crippen molar-refractivity contribution >= 4 is 5.97 Å². The molecular formula is C13H24N2O2. The molecule has 2 rings (SSSR count). The van der Waals surface area contributed by atoms with Gasteiger partial charge in [0.25, 0.3) is 0 Å². The van der Waals surface area contributed by atoms with Crippen molar-refractivity contribution in [3.05, 3.63) is 0 Å². The summed E-state index contributed by atoms with van der Waals surface area (Å²) in [6.07, 6.45) is 8.60. The van der Waals surface area contributed by atoms with E-state index in [0.29, 0.717) is 12.5 Å². The summed E-state index contributed by atoms with van der Waals surface area (Å²) in [6, 6.07) is 0.0115. The van der Waals surface area contributed by atoms with Crippen molar-refractivity contribution in [3.8, 4) is 0 Å². The Hall–Kier alpha value is -0.610. The van der Waals surface area contributed by atoms with Gasteiger partial charge in [0.15, 0.2) is 0 Å². The Morgan fingerprint density at radius 1 is 1.29 bits per heavy atom. The van der Waals surface area contributed by atoms with Crippen molar-refractivity contribution in [2.45, 2.75) is 57.0 Å². The third-order valence-electron chi connectivity index (χ3n) is 4.40. The van der Waals surface area contributed by atoms with E-state index in [1.165, 1.54) is 38.5 Å². The molecule has 0 radical (unpaired) electrons. The largest absolute Gasteiger partial charge is 0.480 e. The Kier molecular flexibility index (Phi) is 4.40. The molecule has 0 bridgehead atoms. The predicted molar refractivity (Wildman–Crippen MR) is 66.8 cm³/mol. The van der Waals surface area contributed by atoms with E-state index >= 15 is 0 Å². The summed E-state index contributed by atoms with van der Waals surface area (Å²) in [7, 11) is 0. The van der Waals surface area contributed by atoms with Gasteiger partial charge in [0.2, 0.25) is 0 Å². The third-order valence-corrected chi connectivity index (χ3v) is 4.40. The molecule has 1 saturated carbocycles. The number of carbonyl (C=O) groups is 1. The fraction of sp³-hybridized carbons (Fsp3) is 0.923. The quantitative estimate of drug-likeness (QED) is 0.780. The number of aliphatic carboxylic acids is 1. The molecule has 4 nitrogen and oxygen atoms in total. The highest BCUT2D eigenvalue weighted by molar-refractivity contribution is 5.72. The van der Waals surface area contributed by atoms with Crippen LogP contribution in [0.2, 0.25) is 0 Å². The zero-order valence-corrected chi connectivity index (χ0v) is 10.5. The van der Waals surface area contributed by atoms with Gasteiger partial charge in [-0.05, 0) is 44.6 Å². The minimum absolute atomic E-state index is 0.582. The second kappa shape index (κ2) is 5.83. The van der Waals surface area contributed by atoms with Crippen molar-refractivity contribution < 1.29 is 9.90 Å². The van der Waals surface area contributed by atoms with Gasteiger partial charge >= 0.3 is 5.97 Å².